The summed E-state index contributed by atoms with van der Waals surface area (Å²) in [6, 6.07) is 7.58. The number of anilines is 1. The normalized spacial score (nSPS) is 11.0. The van der Waals surface area contributed by atoms with Gasteiger partial charge in [-0.05, 0) is 24.6 Å². The molecule has 0 fully saturated rings. The average molecular weight is 397 g/mol. The van der Waals surface area contributed by atoms with Crippen molar-refractivity contribution in [1.29, 1.82) is 0 Å². The van der Waals surface area contributed by atoms with Crippen LogP contribution in [0.25, 0.3) is 11.0 Å². The Morgan fingerprint density at radius 1 is 1.21 bits per heavy atom. The number of benzene rings is 1. The topological polar surface area (TPSA) is 93.9 Å². The molecule has 140 valence electrons. The molecule has 4 rings (SSSR count). The molecule has 0 aliphatic rings. The largest absolute Gasteiger partial charge is 0.436 e. The molecule has 0 saturated carbocycles. The second-order valence-electron chi connectivity index (χ2n) is 6.14. The van der Waals surface area contributed by atoms with Gasteiger partial charge in [-0.3, -0.25) is 4.79 Å². The second-order valence-corrected chi connectivity index (χ2v) is 6.55. The Labute approximate surface area is 164 Å². The lowest BCUT2D eigenvalue weighted by molar-refractivity contribution is 0.103. The Morgan fingerprint density at radius 2 is 2.00 bits per heavy atom. The van der Waals surface area contributed by atoms with Crippen LogP contribution in [0.3, 0.4) is 0 Å². The van der Waals surface area contributed by atoms with Crippen LogP contribution in [0.5, 0.6) is 11.6 Å². The van der Waals surface area contributed by atoms with Crippen LogP contribution in [0, 0.1) is 12.7 Å². The lowest BCUT2D eigenvalue weighted by Gasteiger charge is -2.09. The number of ketones is 1. The zero-order chi connectivity index (χ0) is 19.8. The van der Waals surface area contributed by atoms with E-state index >= 15 is 0 Å². The summed E-state index contributed by atoms with van der Waals surface area (Å²) in [6.07, 6.45) is 4.35. The monoisotopic (exact) mass is 396 g/mol. The summed E-state index contributed by atoms with van der Waals surface area (Å²) in [7, 11) is 0. The molecular weight excluding hydrogens is 383 g/mol. The van der Waals surface area contributed by atoms with E-state index in [2.05, 4.69) is 15.0 Å². The number of aryl methyl sites for hydroxylation is 1. The number of fused-ring (bicyclic) bond motifs is 1. The van der Waals surface area contributed by atoms with Gasteiger partial charge in [-0.25, -0.2) is 14.4 Å². The number of hydrogen-bond donors (Lipinski definition) is 2. The van der Waals surface area contributed by atoms with Crippen LogP contribution in [-0.4, -0.2) is 20.7 Å². The first-order chi connectivity index (χ1) is 13.5. The lowest BCUT2D eigenvalue weighted by Crippen LogP contribution is -2.05. The number of aromatic nitrogens is 3. The van der Waals surface area contributed by atoms with Crippen molar-refractivity contribution in [3.05, 3.63) is 76.5 Å². The minimum Gasteiger partial charge on any atom is -0.436 e. The molecule has 3 aromatic heterocycles. The summed E-state index contributed by atoms with van der Waals surface area (Å²) >= 11 is 6.04. The Morgan fingerprint density at radius 3 is 2.75 bits per heavy atom. The first kappa shape index (κ1) is 17.9. The van der Waals surface area contributed by atoms with Crippen LogP contribution in [0.15, 0.2) is 48.9 Å². The Kier molecular flexibility index (Phi) is 4.44. The molecule has 0 saturated heterocycles. The number of pyridine rings is 2. The van der Waals surface area contributed by atoms with Crippen LogP contribution in [0.1, 0.15) is 21.5 Å². The maximum Gasteiger partial charge on any atom is 0.219 e. The van der Waals surface area contributed by atoms with Gasteiger partial charge in [-0.1, -0.05) is 23.7 Å². The third kappa shape index (κ3) is 3.05. The third-order valence-corrected chi connectivity index (χ3v) is 4.62. The van der Waals surface area contributed by atoms with E-state index in [1.807, 2.05) is 0 Å². The van der Waals surface area contributed by atoms with Crippen LogP contribution in [-0.2, 0) is 0 Å². The highest BCUT2D eigenvalue weighted by molar-refractivity contribution is 6.35. The van der Waals surface area contributed by atoms with Crippen molar-refractivity contribution >= 4 is 34.1 Å². The fraction of sp³-hybridized carbons (Fsp3) is 0.0500. The smallest absolute Gasteiger partial charge is 0.219 e. The van der Waals surface area contributed by atoms with Crippen molar-refractivity contribution in [3.63, 3.8) is 0 Å². The molecule has 0 radical (unpaired) electrons. The number of carbonyl (C=O) groups excluding carboxylic acids is 1. The predicted molar refractivity (Wildman–Crippen MR) is 104 cm³/mol. The van der Waals surface area contributed by atoms with E-state index in [1.54, 1.807) is 25.1 Å². The number of ether oxygens (including phenoxy) is 1. The number of rotatable bonds is 4. The molecule has 28 heavy (non-hydrogen) atoms. The Balaban J connectivity index is 1.70. The minimum atomic E-state index is -0.499. The summed E-state index contributed by atoms with van der Waals surface area (Å²) in [5, 5.41) is 0.730. The molecule has 0 aliphatic carbocycles. The van der Waals surface area contributed by atoms with E-state index in [0.717, 1.165) is 0 Å². The number of nitrogen functional groups attached to an aromatic ring is 1. The second kappa shape index (κ2) is 6.94. The predicted octanol–water partition coefficient (Wildman–Crippen LogP) is 4.66. The van der Waals surface area contributed by atoms with Gasteiger partial charge in [0.15, 0.2) is 17.3 Å². The fourth-order valence-electron chi connectivity index (χ4n) is 2.89. The minimum absolute atomic E-state index is 0.0543. The van der Waals surface area contributed by atoms with Gasteiger partial charge in [0.2, 0.25) is 5.88 Å². The van der Waals surface area contributed by atoms with Gasteiger partial charge < -0.3 is 15.5 Å². The van der Waals surface area contributed by atoms with Crippen LogP contribution >= 0.6 is 11.6 Å². The highest BCUT2D eigenvalue weighted by Gasteiger charge is 2.20. The molecule has 8 heteroatoms. The molecule has 0 spiro atoms. The maximum atomic E-state index is 13.7. The Bertz CT molecular complexity index is 1220. The SMILES string of the molecule is Cc1cc(Oc2ccccc2F)ncc1C(=O)c1c[nH]c2ncc(Cl)c(N)c12. The van der Waals surface area contributed by atoms with E-state index < -0.39 is 5.82 Å². The number of nitrogens with two attached hydrogens (primary N) is 1. The molecule has 0 atom stereocenters. The van der Waals surface area contributed by atoms with Gasteiger partial charge in [0.1, 0.15) is 5.65 Å². The van der Waals surface area contributed by atoms with Gasteiger partial charge in [0.25, 0.3) is 0 Å². The average Bonchev–Trinajstić information content (AvgIpc) is 3.11. The summed E-state index contributed by atoms with van der Waals surface area (Å²) in [4.78, 5) is 24.2. The first-order valence-corrected chi connectivity index (χ1v) is 8.68. The van der Waals surface area contributed by atoms with E-state index in [-0.39, 0.29) is 28.1 Å². The molecule has 0 amide bonds. The van der Waals surface area contributed by atoms with Crippen molar-refractivity contribution in [2.75, 3.05) is 5.73 Å². The van der Waals surface area contributed by atoms with Gasteiger partial charge in [-0.15, -0.1) is 0 Å². The number of nitrogens with one attached hydrogen (secondary N) is 1. The lowest BCUT2D eigenvalue weighted by atomic mass is 10.0. The summed E-state index contributed by atoms with van der Waals surface area (Å²) in [6.45, 7) is 1.74. The number of H-pyrrole nitrogens is 1. The molecule has 4 aromatic rings. The van der Waals surface area contributed by atoms with E-state index in [4.69, 9.17) is 22.1 Å². The number of para-hydroxylation sites is 1. The summed E-state index contributed by atoms with van der Waals surface area (Å²) in [5.41, 5.74) is 8.10. The van der Waals surface area contributed by atoms with E-state index in [1.165, 1.54) is 30.7 Å². The molecule has 3 heterocycles. The van der Waals surface area contributed by atoms with Crippen LogP contribution in [0.2, 0.25) is 5.02 Å². The molecule has 0 bridgehead atoms. The van der Waals surface area contributed by atoms with Gasteiger partial charge >= 0.3 is 0 Å². The molecule has 3 N–H and O–H groups in total. The zero-order valence-electron chi connectivity index (χ0n) is 14.7. The number of nitrogens with zero attached hydrogens (tertiary/aromatic N) is 2. The van der Waals surface area contributed by atoms with Gasteiger partial charge in [0, 0.05) is 24.0 Å². The van der Waals surface area contributed by atoms with Crippen LogP contribution < -0.4 is 10.5 Å². The van der Waals surface area contributed by atoms with E-state index in [0.29, 0.717) is 27.7 Å². The van der Waals surface area contributed by atoms with Gasteiger partial charge in [0.05, 0.1) is 27.9 Å². The number of hydrogen-bond acceptors (Lipinski definition) is 5. The molecule has 1 aromatic carbocycles. The number of carbonyl (C=O) groups is 1. The standard InChI is InChI=1S/C20H14ClFN4O2/c1-10-6-16(28-15-5-3-2-4-14(15)22)24-7-11(10)19(27)12-8-25-20-17(12)18(23)13(21)9-26-20/h2-9H,1H3,(H3,23,25,26). The fourth-order valence-corrected chi connectivity index (χ4v) is 3.03. The van der Waals surface area contributed by atoms with Crippen molar-refractivity contribution in [1.82, 2.24) is 15.0 Å². The number of halogens is 2. The summed E-state index contributed by atoms with van der Waals surface area (Å²) < 4.78 is 19.2. The summed E-state index contributed by atoms with van der Waals surface area (Å²) in [5.74, 6) is -0.550. The van der Waals surface area contributed by atoms with E-state index in [9.17, 15) is 9.18 Å². The highest BCUT2D eigenvalue weighted by Crippen LogP contribution is 2.31. The molecular formula is C20H14ClFN4O2. The van der Waals surface area contributed by atoms with Gasteiger partial charge in [-0.2, -0.15) is 0 Å². The van der Waals surface area contributed by atoms with Crippen LogP contribution in [0.4, 0.5) is 10.1 Å². The number of aromatic amines is 1. The van der Waals surface area contributed by atoms with Crippen molar-refractivity contribution in [2.24, 2.45) is 0 Å². The third-order valence-electron chi connectivity index (χ3n) is 4.32. The zero-order valence-corrected chi connectivity index (χ0v) is 15.4. The van der Waals surface area contributed by atoms with Crippen molar-refractivity contribution in [2.45, 2.75) is 6.92 Å². The first-order valence-electron chi connectivity index (χ1n) is 8.30. The molecule has 0 unspecified atom stereocenters. The quantitative estimate of drug-likeness (QED) is 0.489. The maximum absolute atomic E-state index is 13.7. The highest BCUT2D eigenvalue weighted by atomic mass is 35.5. The molecule has 0 aliphatic heterocycles. The van der Waals surface area contributed by atoms with Crippen molar-refractivity contribution < 1.29 is 13.9 Å². The molecule has 6 nitrogen and oxygen atoms in total. The Hall–Kier alpha value is -3.45. The van der Waals surface area contributed by atoms with Crippen molar-refractivity contribution in [3.8, 4) is 11.6 Å².